The number of hydrogen-bond donors (Lipinski definition) is 1. The minimum absolute atomic E-state index is 0.387. The zero-order valence-electron chi connectivity index (χ0n) is 9.85. The van der Waals surface area contributed by atoms with Gasteiger partial charge in [-0.3, -0.25) is 9.80 Å². The zero-order valence-corrected chi connectivity index (χ0v) is 9.85. The number of likely N-dealkylation sites (N-methyl/N-ethyl adjacent to an activating group) is 1. The van der Waals surface area contributed by atoms with Crippen molar-refractivity contribution >= 4 is 0 Å². The first-order valence-corrected chi connectivity index (χ1v) is 5.60. The lowest BCUT2D eigenvalue weighted by atomic mass is 10.2. The Morgan fingerprint density at radius 2 is 1.75 bits per heavy atom. The van der Waals surface area contributed by atoms with Gasteiger partial charge in [-0.25, -0.2) is 0 Å². The Hall–Kier alpha value is -0.330. The molecule has 0 spiro atoms. The molecule has 1 atom stereocenters. The molecule has 3 nitrogen and oxygen atoms in total. The second kappa shape index (κ2) is 5.84. The number of nitrogens with one attached hydrogen (secondary N) is 1. The third-order valence-corrected chi connectivity index (χ3v) is 2.93. The summed E-state index contributed by atoms with van der Waals surface area (Å²) in [7, 11) is 1.89. The molecule has 0 amide bonds. The summed E-state index contributed by atoms with van der Waals surface area (Å²) in [4.78, 5) is 3.70. The molecule has 1 rings (SSSR count). The summed E-state index contributed by atoms with van der Waals surface area (Å²) < 4.78 is 36.5. The van der Waals surface area contributed by atoms with Gasteiger partial charge in [0.05, 0.1) is 6.54 Å². The van der Waals surface area contributed by atoms with Crippen LogP contribution in [0.3, 0.4) is 0 Å². The van der Waals surface area contributed by atoms with E-state index in [1.807, 2.05) is 7.05 Å². The second-order valence-electron chi connectivity index (χ2n) is 4.33. The SMILES string of the molecule is CNCC(C)N1CCN(CC(F)(F)F)CC1. The lowest BCUT2D eigenvalue weighted by Gasteiger charge is -2.38. The molecular formula is C10H20F3N3. The molecule has 0 bridgehead atoms. The first kappa shape index (κ1) is 13.7. The summed E-state index contributed by atoms with van der Waals surface area (Å²) in [6, 6.07) is 0.387. The first-order valence-electron chi connectivity index (χ1n) is 5.60. The predicted molar refractivity (Wildman–Crippen MR) is 57.5 cm³/mol. The van der Waals surface area contributed by atoms with E-state index in [1.165, 1.54) is 4.90 Å². The maximum Gasteiger partial charge on any atom is 0.401 e. The van der Waals surface area contributed by atoms with E-state index in [-0.39, 0.29) is 0 Å². The summed E-state index contributed by atoms with van der Waals surface area (Å²) in [5.41, 5.74) is 0. The van der Waals surface area contributed by atoms with Crippen molar-refractivity contribution in [3.05, 3.63) is 0 Å². The molecule has 96 valence electrons. The van der Waals surface area contributed by atoms with Crippen LogP contribution in [-0.2, 0) is 0 Å². The number of piperazine rings is 1. The van der Waals surface area contributed by atoms with Gasteiger partial charge in [0.1, 0.15) is 0 Å². The van der Waals surface area contributed by atoms with Gasteiger partial charge in [0, 0.05) is 38.8 Å². The number of rotatable bonds is 4. The Kier molecular flexibility index (Phi) is 5.01. The molecule has 0 aromatic rings. The fraction of sp³-hybridized carbons (Fsp3) is 1.00. The molecule has 0 aromatic heterocycles. The van der Waals surface area contributed by atoms with Crippen molar-refractivity contribution in [2.24, 2.45) is 0 Å². The summed E-state index contributed by atoms with van der Waals surface area (Å²) in [5.74, 6) is 0. The lowest BCUT2D eigenvalue weighted by molar-refractivity contribution is -0.149. The van der Waals surface area contributed by atoms with E-state index in [0.29, 0.717) is 19.1 Å². The Balaban J connectivity index is 2.28. The van der Waals surface area contributed by atoms with Gasteiger partial charge in [-0.2, -0.15) is 13.2 Å². The normalized spacial score (nSPS) is 22.3. The summed E-state index contributed by atoms with van der Waals surface area (Å²) in [5, 5.41) is 3.08. The summed E-state index contributed by atoms with van der Waals surface area (Å²) >= 11 is 0. The minimum Gasteiger partial charge on any atom is -0.318 e. The highest BCUT2D eigenvalue weighted by Gasteiger charge is 2.32. The lowest BCUT2D eigenvalue weighted by Crippen LogP contribution is -2.53. The number of alkyl halides is 3. The van der Waals surface area contributed by atoms with Crippen LogP contribution in [0, 0.1) is 0 Å². The molecule has 0 aromatic carbocycles. The summed E-state index contributed by atoms with van der Waals surface area (Å²) in [6.45, 7) is 4.65. The van der Waals surface area contributed by atoms with Gasteiger partial charge in [0.15, 0.2) is 0 Å². The third kappa shape index (κ3) is 4.67. The molecule has 6 heteroatoms. The molecule has 1 heterocycles. The van der Waals surface area contributed by atoms with Crippen molar-refractivity contribution in [1.29, 1.82) is 0 Å². The minimum atomic E-state index is -4.07. The molecule has 1 fully saturated rings. The van der Waals surface area contributed by atoms with E-state index in [9.17, 15) is 13.2 Å². The molecule has 0 radical (unpaired) electrons. The predicted octanol–water partition coefficient (Wildman–Crippen LogP) is 0.774. The van der Waals surface area contributed by atoms with E-state index < -0.39 is 12.7 Å². The smallest absolute Gasteiger partial charge is 0.318 e. The van der Waals surface area contributed by atoms with Crippen molar-refractivity contribution in [2.75, 3.05) is 46.3 Å². The van der Waals surface area contributed by atoms with E-state index in [1.54, 1.807) is 0 Å². The standard InChI is InChI=1S/C10H20F3N3/c1-9(7-14-2)16-5-3-15(4-6-16)8-10(11,12)13/h9,14H,3-8H2,1-2H3. The quantitative estimate of drug-likeness (QED) is 0.782. The molecule has 0 aliphatic carbocycles. The highest BCUT2D eigenvalue weighted by atomic mass is 19.4. The first-order chi connectivity index (χ1) is 7.42. The molecule has 16 heavy (non-hydrogen) atoms. The van der Waals surface area contributed by atoms with Gasteiger partial charge in [0.25, 0.3) is 0 Å². The van der Waals surface area contributed by atoms with Crippen LogP contribution >= 0.6 is 0 Å². The third-order valence-electron chi connectivity index (χ3n) is 2.93. The van der Waals surface area contributed by atoms with Gasteiger partial charge in [-0.15, -0.1) is 0 Å². The average molecular weight is 239 g/mol. The van der Waals surface area contributed by atoms with Crippen molar-refractivity contribution in [2.45, 2.75) is 19.1 Å². The Labute approximate surface area is 94.6 Å². The molecule has 1 saturated heterocycles. The van der Waals surface area contributed by atoms with Crippen molar-refractivity contribution in [3.8, 4) is 0 Å². The zero-order chi connectivity index (χ0) is 12.2. The molecule has 1 aliphatic rings. The average Bonchev–Trinajstić information content (AvgIpc) is 2.16. The van der Waals surface area contributed by atoms with E-state index in [2.05, 4.69) is 17.1 Å². The fourth-order valence-corrected chi connectivity index (χ4v) is 2.04. The molecule has 1 N–H and O–H groups in total. The Morgan fingerprint density at radius 1 is 1.19 bits per heavy atom. The van der Waals surface area contributed by atoms with Crippen LogP contribution < -0.4 is 5.32 Å². The molecule has 0 saturated carbocycles. The summed E-state index contributed by atoms with van der Waals surface area (Å²) in [6.07, 6.45) is -4.07. The van der Waals surface area contributed by atoms with Crippen LogP contribution in [0.25, 0.3) is 0 Å². The molecular weight excluding hydrogens is 219 g/mol. The number of hydrogen-bond acceptors (Lipinski definition) is 3. The van der Waals surface area contributed by atoms with Crippen LogP contribution in [0.4, 0.5) is 13.2 Å². The van der Waals surface area contributed by atoms with Crippen LogP contribution in [0.2, 0.25) is 0 Å². The maximum atomic E-state index is 12.2. The van der Waals surface area contributed by atoms with E-state index >= 15 is 0 Å². The maximum absolute atomic E-state index is 12.2. The fourth-order valence-electron chi connectivity index (χ4n) is 2.04. The van der Waals surface area contributed by atoms with E-state index in [0.717, 1.165) is 19.6 Å². The van der Waals surface area contributed by atoms with Gasteiger partial charge in [-0.1, -0.05) is 0 Å². The van der Waals surface area contributed by atoms with Gasteiger partial charge in [0.2, 0.25) is 0 Å². The highest BCUT2D eigenvalue weighted by Crippen LogP contribution is 2.17. The largest absolute Gasteiger partial charge is 0.401 e. The highest BCUT2D eigenvalue weighted by molar-refractivity contribution is 4.78. The second-order valence-corrected chi connectivity index (χ2v) is 4.33. The Morgan fingerprint density at radius 3 is 2.19 bits per heavy atom. The molecule has 1 unspecified atom stereocenters. The van der Waals surface area contributed by atoms with Crippen LogP contribution in [0.15, 0.2) is 0 Å². The number of halogens is 3. The Bertz CT molecular complexity index is 200. The van der Waals surface area contributed by atoms with Gasteiger partial charge in [-0.05, 0) is 14.0 Å². The monoisotopic (exact) mass is 239 g/mol. The van der Waals surface area contributed by atoms with Crippen molar-refractivity contribution in [1.82, 2.24) is 15.1 Å². The van der Waals surface area contributed by atoms with Crippen LogP contribution in [-0.4, -0.2) is 68.3 Å². The van der Waals surface area contributed by atoms with E-state index in [4.69, 9.17) is 0 Å². The van der Waals surface area contributed by atoms with Crippen LogP contribution in [0.5, 0.6) is 0 Å². The molecule has 1 aliphatic heterocycles. The van der Waals surface area contributed by atoms with Gasteiger partial charge >= 0.3 is 6.18 Å². The van der Waals surface area contributed by atoms with Crippen molar-refractivity contribution < 1.29 is 13.2 Å². The topological polar surface area (TPSA) is 18.5 Å². The number of nitrogens with zero attached hydrogens (tertiary/aromatic N) is 2. The van der Waals surface area contributed by atoms with Gasteiger partial charge < -0.3 is 5.32 Å². The van der Waals surface area contributed by atoms with Crippen LogP contribution in [0.1, 0.15) is 6.92 Å². The van der Waals surface area contributed by atoms with Crippen molar-refractivity contribution in [3.63, 3.8) is 0 Å².